The van der Waals surface area contributed by atoms with Crippen molar-refractivity contribution in [3.63, 3.8) is 0 Å². The van der Waals surface area contributed by atoms with Gasteiger partial charge in [0, 0.05) is 0 Å². The first-order valence-electron chi connectivity index (χ1n) is 7.54. The highest BCUT2D eigenvalue weighted by atomic mass is 16.5. The number of methoxy groups -OCH3 is 2. The average Bonchev–Trinajstić information content (AvgIpc) is 2.47. The van der Waals surface area contributed by atoms with Crippen LogP contribution in [0.3, 0.4) is 0 Å². The number of nitrogens with zero attached hydrogens (tertiary/aromatic N) is 2. The van der Waals surface area contributed by atoms with Crippen LogP contribution in [0.5, 0.6) is 0 Å². The van der Waals surface area contributed by atoms with Crippen molar-refractivity contribution in [2.24, 2.45) is 21.8 Å². The van der Waals surface area contributed by atoms with Crippen molar-refractivity contribution < 1.29 is 9.47 Å². The van der Waals surface area contributed by atoms with Crippen LogP contribution in [-0.4, -0.2) is 38.1 Å². The summed E-state index contributed by atoms with van der Waals surface area (Å²) in [6, 6.07) is -0.00102. The molecule has 1 aliphatic carbocycles. The molecule has 0 spiro atoms. The molecular formula is C16H26N2O2. The minimum Gasteiger partial charge on any atom is -0.483 e. The van der Waals surface area contributed by atoms with E-state index in [4.69, 9.17) is 19.5 Å². The van der Waals surface area contributed by atoms with E-state index >= 15 is 0 Å². The molecule has 0 saturated heterocycles. The monoisotopic (exact) mass is 278 g/mol. The van der Waals surface area contributed by atoms with Crippen molar-refractivity contribution >= 4 is 11.8 Å². The standard InChI is InChI=1S/C16H26N2O2/c1-11(2)14-16(20-4)17-13(15(18-14)19-3)10-12-8-6-5-7-9-12/h5-6,11-14H,7-10H2,1-4H3/t12?,13-,14+/m0/s1. The Morgan fingerprint density at radius 2 is 1.90 bits per heavy atom. The third-order valence-electron chi connectivity index (χ3n) is 4.07. The normalized spacial score (nSPS) is 29.9. The predicted molar refractivity (Wildman–Crippen MR) is 82.4 cm³/mol. The lowest BCUT2D eigenvalue weighted by atomic mass is 9.88. The summed E-state index contributed by atoms with van der Waals surface area (Å²) in [5.41, 5.74) is 0. The summed E-state index contributed by atoms with van der Waals surface area (Å²) in [4.78, 5) is 9.48. The van der Waals surface area contributed by atoms with Gasteiger partial charge in [-0.05, 0) is 37.5 Å². The van der Waals surface area contributed by atoms with E-state index in [1.54, 1.807) is 14.2 Å². The molecule has 0 aromatic rings. The summed E-state index contributed by atoms with van der Waals surface area (Å²) in [6.07, 6.45) is 9.08. The van der Waals surface area contributed by atoms with Gasteiger partial charge in [0.25, 0.3) is 0 Å². The van der Waals surface area contributed by atoms with Crippen molar-refractivity contribution in [2.45, 2.75) is 51.6 Å². The Labute approximate surface area is 122 Å². The van der Waals surface area contributed by atoms with Gasteiger partial charge in [0.1, 0.15) is 12.1 Å². The molecule has 0 radical (unpaired) electrons. The lowest BCUT2D eigenvalue weighted by Crippen LogP contribution is -2.38. The van der Waals surface area contributed by atoms with Gasteiger partial charge in [-0.1, -0.05) is 26.0 Å². The second-order valence-corrected chi connectivity index (χ2v) is 5.93. The Balaban J connectivity index is 2.12. The maximum atomic E-state index is 5.49. The summed E-state index contributed by atoms with van der Waals surface area (Å²) in [5.74, 6) is 2.54. The summed E-state index contributed by atoms with van der Waals surface area (Å²) < 4.78 is 10.9. The molecule has 2 aliphatic rings. The van der Waals surface area contributed by atoms with E-state index in [0.29, 0.717) is 11.8 Å². The molecule has 0 saturated carbocycles. The maximum Gasteiger partial charge on any atom is 0.209 e. The van der Waals surface area contributed by atoms with Crippen molar-refractivity contribution in [1.82, 2.24) is 0 Å². The Hall–Kier alpha value is -1.32. The molecule has 2 rings (SSSR count). The molecule has 1 unspecified atom stereocenters. The van der Waals surface area contributed by atoms with Gasteiger partial charge in [-0.15, -0.1) is 0 Å². The van der Waals surface area contributed by atoms with E-state index < -0.39 is 0 Å². The van der Waals surface area contributed by atoms with Crippen LogP contribution in [0, 0.1) is 11.8 Å². The van der Waals surface area contributed by atoms with Crippen LogP contribution < -0.4 is 0 Å². The van der Waals surface area contributed by atoms with Crippen LogP contribution in [0.4, 0.5) is 0 Å². The molecule has 0 N–H and O–H groups in total. The number of aliphatic imine (C=N–C) groups is 2. The number of allylic oxidation sites excluding steroid dienone is 2. The molecule has 20 heavy (non-hydrogen) atoms. The van der Waals surface area contributed by atoms with Crippen LogP contribution in [0.1, 0.15) is 39.5 Å². The van der Waals surface area contributed by atoms with E-state index in [9.17, 15) is 0 Å². The van der Waals surface area contributed by atoms with Gasteiger partial charge in [0.2, 0.25) is 11.8 Å². The highest BCUT2D eigenvalue weighted by Gasteiger charge is 2.32. The topological polar surface area (TPSA) is 43.2 Å². The van der Waals surface area contributed by atoms with E-state index in [2.05, 4.69) is 26.0 Å². The molecule has 1 aliphatic heterocycles. The third-order valence-corrected chi connectivity index (χ3v) is 4.07. The Morgan fingerprint density at radius 3 is 2.45 bits per heavy atom. The molecule has 3 atom stereocenters. The molecule has 0 amide bonds. The minimum absolute atomic E-state index is 0.0152. The molecule has 112 valence electrons. The first kappa shape index (κ1) is 15.1. The van der Waals surface area contributed by atoms with Crippen molar-refractivity contribution in [3.8, 4) is 0 Å². The van der Waals surface area contributed by atoms with Crippen LogP contribution in [0.2, 0.25) is 0 Å². The zero-order valence-electron chi connectivity index (χ0n) is 13.0. The summed E-state index contributed by atoms with van der Waals surface area (Å²) >= 11 is 0. The largest absolute Gasteiger partial charge is 0.483 e. The fraction of sp³-hybridized carbons (Fsp3) is 0.750. The average molecular weight is 278 g/mol. The molecule has 4 heteroatoms. The van der Waals surface area contributed by atoms with E-state index in [0.717, 1.165) is 24.6 Å². The van der Waals surface area contributed by atoms with Gasteiger partial charge >= 0.3 is 0 Å². The van der Waals surface area contributed by atoms with Crippen molar-refractivity contribution in [2.75, 3.05) is 14.2 Å². The number of ether oxygens (including phenoxy) is 2. The second-order valence-electron chi connectivity index (χ2n) is 5.93. The first-order valence-corrected chi connectivity index (χ1v) is 7.54. The highest BCUT2D eigenvalue weighted by molar-refractivity contribution is 5.94. The van der Waals surface area contributed by atoms with Gasteiger partial charge in [0.15, 0.2) is 0 Å². The molecule has 1 heterocycles. The van der Waals surface area contributed by atoms with Gasteiger partial charge in [-0.25, -0.2) is 9.98 Å². The fourth-order valence-corrected chi connectivity index (χ4v) is 2.90. The van der Waals surface area contributed by atoms with Crippen LogP contribution >= 0.6 is 0 Å². The fourth-order valence-electron chi connectivity index (χ4n) is 2.90. The van der Waals surface area contributed by atoms with Gasteiger partial charge in [-0.3, -0.25) is 0 Å². The molecule has 0 fully saturated rings. The number of hydrogen-bond donors (Lipinski definition) is 0. The zero-order valence-corrected chi connectivity index (χ0v) is 13.0. The number of hydrogen-bond acceptors (Lipinski definition) is 4. The van der Waals surface area contributed by atoms with Gasteiger partial charge < -0.3 is 9.47 Å². The molecule has 4 nitrogen and oxygen atoms in total. The first-order chi connectivity index (χ1) is 9.65. The van der Waals surface area contributed by atoms with Crippen molar-refractivity contribution in [3.05, 3.63) is 12.2 Å². The predicted octanol–water partition coefficient (Wildman–Crippen LogP) is 3.23. The Morgan fingerprint density at radius 1 is 1.15 bits per heavy atom. The summed E-state index contributed by atoms with van der Waals surface area (Å²) in [7, 11) is 3.37. The van der Waals surface area contributed by atoms with Crippen LogP contribution in [-0.2, 0) is 9.47 Å². The third kappa shape index (κ3) is 3.41. The quantitative estimate of drug-likeness (QED) is 0.744. The molecule has 0 aromatic carbocycles. The highest BCUT2D eigenvalue weighted by Crippen LogP contribution is 2.27. The smallest absolute Gasteiger partial charge is 0.209 e. The minimum atomic E-state index is -0.0162. The SMILES string of the molecule is COC1=N[C@H](C(C)C)C(OC)=N[C@H]1CC1CC=CCC1. The van der Waals surface area contributed by atoms with Crippen LogP contribution in [0.25, 0.3) is 0 Å². The van der Waals surface area contributed by atoms with Gasteiger partial charge in [0.05, 0.1) is 14.2 Å². The van der Waals surface area contributed by atoms with E-state index in [-0.39, 0.29) is 12.1 Å². The Bertz CT molecular complexity index is 413. The summed E-state index contributed by atoms with van der Waals surface area (Å²) in [5, 5.41) is 0. The molecule has 0 bridgehead atoms. The molecule has 0 aromatic heterocycles. The van der Waals surface area contributed by atoms with Gasteiger partial charge in [-0.2, -0.15) is 0 Å². The molecular weight excluding hydrogens is 252 g/mol. The number of rotatable bonds is 3. The van der Waals surface area contributed by atoms with E-state index in [1.807, 2.05) is 0 Å². The van der Waals surface area contributed by atoms with Crippen molar-refractivity contribution in [1.29, 1.82) is 0 Å². The van der Waals surface area contributed by atoms with Crippen LogP contribution in [0.15, 0.2) is 22.1 Å². The zero-order chi connectivity index (χ0) is 14.5. The maximum absolute atomic E-state index is 5.49. The van der Waals surface area contributed by atoms with E-state index in [1.165, 1.54) is 12.8 Å². The Kier molecular flexibility index (Phi) is 5.21. The lowest BCUT2D eigenvalue weighted by Gasteiger charge is -2.29. The summed E-state index contributed by atoms with van der Waals surface area (Å²) in [6.45, 7) is 4.25. The second kappa shape index (κ2) is 6.91. The lowest BCUT2D eigenvalue weighted by molar-refractivity contribution is 0.318.